The molecule has 19 heavy (non-hydrogen) atoms. The molecule has 0 radical (unpaired) electrons. The molecule has 1 aliphatic carbocycles. The summed E-state index contributed by atoms with van der Waals surface area (Å²) >= 11 is 5.74. The number of halogens is 2. The van der Waals surface area contributed by atoms with Gasteiger partial charge in [-0.25, -0.2) is 12.8 Å². The van der Waals surface area contributed by atoms with Gasteiger partial charge in [-0.2, -0.15) is 4.31 Å². The number of nitrogens with two attached hydrogens (primary N) is 1. The van der Waals surface area contributed by atoms with Crippen LogP contribution in [0.3, 0.4) is 0 Å². The normalized spacial score (nSPS) is 16.1. The van der Waals surface area contributed by atoms with Gasteiger partial charge in [0.15, 0.2) is 0 Å². The molecular weight excluding hydrogens is 291 g/mol. The molecule has 0 heterocycles. The van der Waals surface area contributed by atoms with Gasteiger partial charge < -0.3 is 5.73 Å². The second kappa shape index (κ2) is 5.36. The fourth-order valence-electron chi connectivity index (χ4n) is 2.04. The fourth-order valence-corrected chi connectivity index (χ4v) is 3.98. The second-order valence-corrected chi connectivity index (χ2v) is 6.79. The maximum absolute atomic E-state index is 13.7. The predicted octanol–water partition coefficient (Wildman–Crippen LogP) is 2.11. The summed E-state index contributed by atoms with van der Waals surface area (Å²) in [4.78, 5) is -0.0800. The third-order valence-electron chi connectivity index (χ3n) is 3.17. The first kappa shape index (κ1) is 14.7. The minimum absolute atomic E-state index is 0.00529. The zero-order valence-electron chi connectivity index (χ0n) is 10.6. The van der Waals surface area contributed by atoms with E-state index in [-0.39, 0.29) is 22.5 Å². The molecule has 0 atom stereocenters. The molecule has 4 nitrogen and oxygen atoms in total. The van der Waals surface area contributed by atoms with Crippen molar-refractivity contribution in [1.82, 2.24) is 4.31 Å². The number of nitrogens with zero attached hydrogens (tertiary/aromatic N) is 1. The summed E-state index contributed by atoms with van der Waals surface area (Å²) in [5.74, 6) is -0.755. The van der Waals surface area contributed by atoms with E-state index in [1.54, 1.807) is 6.92 Å². The molecule has 1 fully saturated rings. The Labute approximate surface area is 117 Å². The summed E-state index contributed by atoms with van der Waals surface area (Å²) in [5.41, 5.74) is 5.75. The van der Waals surface area contributed by atoms with Crippen LogP contribution >= 0.6 is 11.6 Å². The van der Waals surface area contributed by atoms with E-state index in [4.69, 9.17) is 17.3 Å². The highest BCUT2D eigenvalue weighted by molar-refractivity contribution is 7.89. The summed E-state index contributed by atoms with van der Waals surface area (Å²) in [6, 6.07) is 2.35. The Kier molecular flexibility index (Phi) is 4.15. The molecule has 1 saturated carbocycles. The van der Waals surface area contributed by atoms with Crippen LogP contribution in [0.25, 0.3) is 0 Å². The molecular formula is C12H16ClFN2O2S. The van der Waals surface area contributed by atoms with Gasteiger partial charge in [0, 0.05) is 19.1 Å². The minimum atomic E-state index is -3.68. The van der Waals surface area contributed by atoms with E-state index < -0.39 is 15.8 Å². The van der Waals surface area contributed by atoms with E-state index in [0.717, 1.165) is 18.9 Å². The number of sulfonamides is 1. The third-order valence-corrected chi connectivity index (χ3v) is 5.60. The van der Waals surface area contributed by atoms with Crippen molar-refractivity contribution in [3.05, 3.63) is 28.5 Å². The second-order valence-electron chi connectivity index (χ2n) is 4.52. The molecule has 0 amide bonds. The van der Waals surface area contributed by atoms with Crippen LogP contribution in [0.2, 0.25) is 5.02 Å². The third kappa shape index (κ3) is 2.76. The highest BCUT2D eigenvalue weighted by Crippen LogP contribution is 2.33. The molecule has 7 heteroatoms. The van der Waals surface area contributed by atoms with Crippen LogP contribution in [0, 0.1) is 5.82 Å². The molecule has 0 bridgehead atoms. The SMILES string of the molecule is CCN(C1CC1)S(=O)(=O)c1cc(F)c(Cl)c(CN)c1. The fraction of sp³-hybridized carbons (Fsp3) is 0.500. The van der Waals surface area contributed by atoms with Gasteiger partial charge >= 0.3 is 0 Å². The van der Waals surface area contributed by atoms with Crippen molar-refractivity contribution in [2.24, 2.45) is 5.73 Å². The lowest BCUT2D eigenvalue weighted by Gasteiger charge is -2.20. The highest BCUT2D eigenvalue weighted by atomic mass is 35.5. The maximum atomic E-state index is 13.7. The van der Waals surface area contributed by atoms with E-state index in [9.17, 15) is 12.8 Å². The molecule has 0 aromatic heterocycles. The molecule has 0 saturated heterocycles. The Bertz CT molecular complexity index is 588. The summed E-state index contributed by atoms with van der Waals surface area (Å²) in [5, 5.41) is -0.115. The van der Waals surface area contributed by atoms with Crippen molar-refractivity contribution in [2.45, 2.75) is 37.2 Å². The zero-order chi connectivity index (χ0) is 14.2. The topological polar surface area (TPSA) is 63.4 Å². The first-order chi connectivity index (χ1) is 8.91. The van der Waals surface area contributed by atoms with Gasteiger partial charge in [0.25, 0.3) is 0 Å². The average molecular weight is 307 g/mol. The zero-order valence-corrected chi connectivity index (χ0v) is 12.1. The number of hydrogen-bond donors (Lipinski definition) is 1. The van der Waals surface area contributed by atoms with E-state index in [2.05, 4.69) is 0 Å². The smallest absolute Gasteiger partial charge is 0.243 e. The number of hydrogen-bond acceptors (Lipinski definition) is 3. The van der Waals surface area contributed by atoms with Crippen LogP contribution in [0.5, 0.6) is 0 Å². The van der Waals surface area contributed by atoms with Crippen LogP contribution in [0.1, 0.15) is 25.3 Å². The Balaban J connectivity index is 2.48. The minimum Gasteiger partial charge on any atom is -0.326 e. The summed E-state index contributed by atoms with van der Waals surface area (Å²) < 4.78 is 40.0. The lowest BCUT2D eigenvalue weighted by atomic mass is 10.2. The van der Waals surface area contributed by atoms with Gasteiger partial charge in [-0.1, -0.05) is 18.5 Å². The summed E-state index contributed by atoms with van der Waals surface area (Å²) in [6.45, 7) is 2.13. The maximum Gasteiger partial charge on any atom is 0.243 e. The van der Waals surface area contributed by atoms with Crippen LogP contribution in [0.15, 0.2) is 17.0 Å². The van der Waals surface area contributed by atoms with E-state index >= 15 is 0 Å². The molecule has 1 aliphatic rings. The number of benzene rings is 1. The molecule has 2 N–H and O–H groups in total. The van der Waals surface area contributed by atoms with Gasteiger partial charge in [0.05, 0.1) is 9.92 Å². The van der Waals surface area contributed by atoms with Crippen LogP contribution in [-0.4, -0.2) is 25.3 Å². The lowest BCUT2D eigenvalue weighted by Crippen LogP contribution is -2.33. The van der Waals surface area contributed by atoms with Crippen molar-refractivity contribution in [3.63, 3.8) is 0 Å². The Morgan fingerprint density at radius 3 is 2.58 bits per heavy atom. The predicted molar refractivity (Wildman–Crippen MR) is 71.9 cm³/mol. The van der Waals surface area contributed by atoms with Gasteiger partial charge in [-0.3, -0.25) is 0 Å². The molecule has 1 aromatic rings. The quantitative estimate of drug-likeness (QED) is 0.906. The molecule has 0 unspecified atom stereocenters. The monoisotopic (exact) mass is 306 g/mol. The van der Waals surface area contributed by atoms with Crippen LogP contribution in [-0.2, 0) is 16.6 Å². The van der Waals surface area contributed by atoms with Gasteiger partial charge in [0.1, 0.15) is 5.82 Å². The van der Waals surface area contributed by atoms with Gasteiger partial charge in [-0.05, 0) is 30.5 Å². The van der Waals surface area contributed by atoms with Crippen molar-refractivity contribution >= 4 is 21.6 Å². The summed E-state index contributed by atoms with van der Waals surface area (Å²) in [6.07, 6.45) is 1.71. The van der Waals surface area contributed by atoms with E-state index in [1.807, 2.05) is 0 Å². The first-order valence-corrected chi connectivity index (χ1v) is 7.93. The van der Waals surface area contributed by atoms with Crippen molar-refractivity contribution in [1.29, 1.82) is 0 Å². The Morgan fingerprint density at radius 2 is 2.11 bits per heavy atom. The van der Waals surface area contributed by atoms with Gasteiger partial charge in [0.2, 0.25) is 10.0 Å². The van der Waals surface area contributed by atoms with Crippen LogP contribution in [0.4, 0.5) is 4.39 Å². The van der Waals surface area contributed by atoms with Crippen molar-refractivity contribution < 1.29 is 12.8 Å². The standard InChI is InChI=1S/C12H16ClFN2O2S/c1-2-16(9-3-4-9)19(17,18)10-5-8(7-15)12(13)11(14)6-10/h5-6,9H,2-4,7,15H2,1H3. The number of rotatable bonds is 5. The van der Waals surface area contributed by atoms with Gasteiger partial charge in [-0.15, -0.1) is 0 Å². The Morgan fingerprint density at radius 1 is 1.47 bits per heavy atom. The molecule has 0 spiro atoms. The van der Waals surface area contributed by atoms with Crippen molar-refractivity contribution in [3.8, 4) is 0 Å². The van der Waals surface area contributed by atoms with Crippen LogP contribution < -0.4 is 5.73 Å². The largest absolute Gasteiger partial charge is 0.326 e. The molecule has 2 rings (SSSR count). The Hall–Kier alpha value is -0.690. The highest BCUT2D eigenvalue weighted by Gasteiger charge is 2.37. The van der Waals surface area contributed by atoms with Crippen molar-refractivity contribution in [2.75, 3.05) is 6.54 Å². The molecule has 0 aliphatic heterocycles. The average Bonchev–Trinajstić information content (AvgIpc) is 3.17. The lowest BCUT2D eigenvalue weighted by molar-refractivity contribution is 0.420. The summed E-state index contributed by atoms with van der Waals surface area (Å²) in [7, 11) is -3.68. The van der Waals surface area contributed by atoms with E-state index in [0.29, 0.717) is 12.1 Å². The van der Waals surface area contributed by atoms with E-state index in [1.165, 1.54) is 10.4 Å². The molecule has 1 aromatic carbocycles. The molecule has 106 valence electrons. The first-order valence-electron chi connectivity index (χ1n) is 6.11.